The maximum absolute atomic E-state index is 5.47. The molecule has 0 bridgehead atoms. The Kier molecular flexibility index (Phi) is 2.74. The molecule has 2 aliphatic rings. The van der Waals surface area contributed by atoms with Gasteiger partial charge in [0.05, 0.1) is 7.11 Å². The van der Waals surface area contributed by atoms with E-state index >= 15 is 0 Å². The topological polar surface area (TPSA) is 24.5 Å². The Morgan fingerprint density at radius 1 is 1.28 bits per heavy atom. The summed E-state index contributed by atoms with van der Waals surface area (Å²) < 4.78 is 5.47. The van der Waals surface area contributed by atoms with E-state index in [2.05, 4.69) is 36.2 Å². The number of anilines is 1. The van der Waals surface area contributed by atoms with Crippen LogP contribution in [0.1, 0.15) is 31.4 Å². The van der Waals surface area contributed by atoms with Gasteiger partial charge >= 0.3 is 0 Å². The summed E-state index contributed by atoms with van der Waals surface area (Å²) in [6, 6.07) is 4.42. The summed E-state index contributed by atoms with van der Waals surface area (Å²) in [6.45, 7) is 8.99. The molecule has 1 aromatic rings. The van der Waals surface area contributed by atoms with Crippen LogP contribution in [0.3, 0.4) is 0 Å². The van der Waals surface area contributed by atoms with E-state index in [0.29, 0.717) is 0 Å². The first-order chi connectivity index (χ1) is 8.62. The summed E-state index contributed by atoms with van der Waals surface area (Å²) in [4.78, 5) is 2.54. The molecule has 1 aromatic carbocycles. The normalized spacial score (nSPS) is 21.2. The lowest BCUT2D eigenvalue weighted by atomic mass is 9.76. The largest absolute Gasteiger partial charge is 0.497 e. The van der Waals surface area contributed by atoms with E-state index in [1.807, 2.05) is 0 Å². The number of hydrogen-bond donors (Lipinski definition) is 1. The van der Waals surface area contributed by atoms with E-state index in [-0.39, 0.29) is 5.41 Å². The summed E-state index contributed by atoms with van der Waals surface area (Å²) in [5, 5.41) is 3.50. The van der Waals surface area contributed by atoms with E-state index in [1.165, 1.54) is 29.8 Å². The minimum absolute atomic E-state index is 0.249. The molecule has 98 valence electrons. The lowest BCUT2D eigenvalue weighted by molar-refractivity contribution is 0.407. The van der Waals surface area contributed by atoms with Gasteiger partial charge in [0.15, 0.2) is 0 Å². The molecule has 0 aliphatic carbocycles. The number of benzene rings is 1. The molecular formula is C15H22N2O. The van der Waals surface area contributed by atoms with E-state index in [4.69, 9.17) is 4.74 Å². The summed E-state index contributed by atoms with van der Waals surface area (Å²) in [6.07, 6.45) is 1.21. The lowest BCUT2D eigenvalue weighted by Gasteiger charge is -2.40. The zero-order chi connectivity index (χ0) is 12.8. The predicted octanol–water partition coefficient (Wildman–Crippen LogP) is 2.29. The number of hydrogen-bond acceptors (Lipinski definition) is 3. The van der Waals surface area contributed by atoms with Gasteiger partial charge in [0.1, 0.15) is 5.75 Å². The SMILES string of the molecule is COc1cc2c3c(c1)C(C)(C)CCN3CCNC2. The Hall–Kier alpha value is -1.22. The maximum atomic E-state index is 5.47. The second-order valence-electron chi connectivity index (χ2n) is 5.98. The third kappa shape index (κ3) is 1.77. The fourth-order valence-corrected chi connectivity index (χ4v) is 3.13. The van der Waals surface area contributed by atoms with Crippen LogP contribution in [0.5, 0.6) is 5.75 Å². The van der Waals surface area contributed by atoms with Crippen molar-refractivity contribution in [1.29, 1.82) is 0 Å². The van der Waals surface area contributed by atoms with Crippen molar-refractivity contribution in [2.45, 2.75) is 32.2 Å². The van der Waals surface area contributed by atoms with Crippen LogP contribution < -0.4 is 15.0 Å². The minimum Gasteiger partial charge on any atom is -0.497 e. The van der Waals surface area contributed by atoms with Gasteiger partial charge in [0.25, 0.3) is 0 Å². The molecule has 2 aliphatic heterocycles. The number of rotatable bonds is 1. The van der Waals surface area contributed by atoms with E-state index < -0.39 is 0 Å². The molecule has 0 amide bonds. The van der Waals surface area contributed by atoms with Crippen LogP contribution in [0.2, 0.25) is 0 Å². The molecule has 18 heavy (non-hydrogen) atoms. The maximum Gasteiger partial charge on any atom is 0.119 e. The van der Waals surface area contributed by atoms with Crippen LogP contribution >= 0.6 is 0 Å². The molecule has 3 nitrogen and oxygen atoms in total. The van der Waals surface area contributed by atoms with Crippen molar-refractivity contribution in [3.05, 3.63) is 23.3 Å². The zero-order valence-corrected chi connectivity index (χ0v) is 11.5. The molecule has 0 aromatic heterocycles. The molecule has 0 fully saturated rings. The van der Waals surface area contributed by atoms with E-state index in [0.717, 1.165) is 25.4 Å². The van der Waals surface area contributed by atoms with Crippen molar-refractivity contribution >= 4 is 5.69 Å². The highest BCUT2D eigenvalue weighted by atomic mass is 16.5. The van der Waals surface area contributed by atoms with Gasteiger partial charge in [-0.05, 0) is 35.1 Å². The third-order valence-electron chi connectivity index (χ3n) is 4.32. The van der Waals surface area contributed by atoms with E-state index in [9.17, 15) is 0 Å². The Morgan fingerprint density at radius 2 is 2.11 bits per heavy atom. The van der Waals surface area contributed by atoms with E-state index in [1.54, 1.807) is 7.11 Å². The average Bonchev–Trinajstić information content (AvgIpc) is 2.56. The smallest absolute Gasteiger partial charge is 0.119 e. The third-order valence-corrected chi connectivity index (χ3v) is 4.32. The van der Waals surface area contributed by atoms with Crippen LogP contribution in [0.15, 0.2) is 12.1 Å². The van der Waals surface area contributed by atoms with Crippen LogP contribution in [0, 0.1) is 0 Å². The summed E-state index contributed by atoms with van der Waals surface area (Å²) in [7, 11) is 1.76. The van der Waals surface area contributed by atoms with Gasteiger partial charge < -0.3 is 15.0 Å². The highest BCUT2D eigenvalue weighted by molar-refractivity contribution is 5.66. The molecule has 3 heteroatoms. The van der Waals surface area contributed by atoms with Crippen molar-refractivity contribution in [3.8, 4) is 5.75 Å². The fourth-order valence-electron chi connectivity index (χ4n) is 3.13. The zero-order valence-electron chi connectivity index (χ0n) is 11.5. The second kappa shape index (κ2) is 4.16. The van der Waals surface area contributed by atoms with Gasteiger partial charge in [-0.25, -0.2) is 0 Å². The van der Waals surface area contributed by atoms with Crippen LogP contribution in [0.25, 0.3) is 0 Å². The summed E-state index contributed by atoms with van der Waals surface area (Å²) in [5.74, 6) is 0.988. The molecule has 1 N–H and O–H groups in total. The molecule has 2 heterocycles. The summed E-state index contributed by atoms with van der Waals surface area (Å²) >= 11 is 0. The fraction of sp³-hybridized carbons (Fsp3) is 0.600. The Morgan fingerprint density at radius 3 is 2.89 bits per heavy atom. The monoisotopic (exact) mass is 246 g/mol. The minimum atomic E-state index is 0.249. The standard InChI is InChI=1S/C15H22N2O/c1-15(2)4-6-17-7-5-16-10-11-8-12(18-3)9-13(15)14(11)17/h8-9,16H,4-7,10H2,1-3H3. The molecule has 0 radical (unpaired) electrons. The lowest BCUT2D eigenvalue weighted by Crippen LogP contribution is -2.39. The van der Waals surface area contributed by atoms with Gasteiger partial charge in [-0.3, -0.25) is 0 Å². The van der Waals surface area contributed by atoms with Crippen LogP contribution in [0.4, 0.5) is 5.69 Å². The van der Waals surface area contributed by atoms with Crippen molar-refractivity contribution in [3.63, 3.8) is 0 Å². The van der Waals surface area contributed by atoms with Crippen molar-refractivity contribution in [1.82, 2.24) is 5.32 Å². The first-order valence-corrected chi connectivity index (χ1v) is 6.79. The van der Waals surface area contributed by atoms with Gasteiger partial charge in [-0.2, -0.15) is 0 Å². The molecule has 0 saturated heterocycles. The van der Waals surface area contributed by atoms with Gasteiger partial charge in [-0.1, -0.05) is 13.8 Å². The molecule has 3 rings (SSSR count). The molecular weight excluding hydrogens is 224 g/mol. The first kappa shape index (κ1) is 11.8. The van der Waals surface area contributed by atoms with Crippen LogP contribution in [-0.2, 0) is 12.0 Å². The average molecular weight is 246 g/mol. The van der Waals surface area contributed by atoms with Crippen molar-refractivity contribution < 1.29 is 4.74 Å². The number of ether oxygens (including phenoxy) is 1. The predicted molar refractivity (Wildman–Crippen MR) is 74.6 cm³/mol. The van der Waals surface area contributed by atoms with Crippen molar-refractivity contribution in [2.24, 2.45) is 0 Å². The quantitative estimate of drug-likeness (QED) is 0.823. The highest BCUT2D eigenvalue weighted by Gasteiger charge is 2.34. The van der Waals surface area contributed by atoms with Crippen molar-refractivity contribution in [2.75, 3.05) is 31.6 Å². The molecule has 0 saturated carbocycles. The number of nitrogens with one attached hydrogen (secondary N) is 1. The van der Waals surface area contributed by atoms with Gasteiger partial charge in [-0.15, -0.1) is 0 Å². The Bertz CT molecular complexity index is 468. The Balaban J connectivity index is 2.21. The molecule has 0 atom stereocenters. The second-order valence-corrected chi connectivity index (χ2v) is 5.98. The van der Waals surface area contributed by atoms with Gasteiger partial charge in [0.2, 0.25) is 0 Å². The highest BCUT2D eigenvalue weighted by Crippen LogP contribution is 2.44. The molecule has 0 unspecified atom stereocenters. The number of methoxy groups -OCH3 is 1. The first-order valence-electron chi connectivity index (χ1n) is 6.79. The number of nitrogens with zero attached hydrogens (tertiary/aromatic N) is 1. The molecule has 0 spiro atoms. The van der Waals surface area contributed by atoms with Crippen LogP contribution in [-0.4, -0.2) is 26.7 Å². The van der Waals surface area contributed by atoms with Gasteiger partial charge in [0, 0.05) is 31.9 Å². The Labute approximate surface area is 109 Å². The summed E-state index contributed by atoms with van der Waals surface area (Å²) in [5.41, 5.74) is 4.54.